The van der Waals surface area contributed by atoms with E-state index in [9.17, 15) is 27.2 Å². The predicted molar refractivity (Wildman–Crippen MR) is 157 cm³/mol. The number of aryl methyl sites for hydroxylation is 1. The van der Waals surface area contributed by atoms with Crippen LogP contribution in [-0.2, 0) is 35.3 Å². The lowest BCUT2D eigenvalue weighted by atomic mass is 10.00. The number of likely N-dealkylation sites (N-methyl/N-ethyl adjacent to an activating group) is 1. The molecule has 1 unspecified atom stereocenters. The van der Waals surface area contributed by atoms with E-state index in [-0.39, 0.29) is 42.9 Å². The summed E-state index contributed by atoms with van der Waals surface area (Å²) in [5.74, 6) is -0.508. The average Bonchev–Trinajstić information content (AvgIpc) is 3.39. The Bertz CT molecular complexity index is 1500. The Hall–Kier alpha value is -4.13. The maximum Gasteiger partial charge on any atom is 0.416 e. The number of hydrogen-bond acceptors (Lipinski definition) is 6. The normalized spacial score (nSPS) is 16.8. The molecule has 0 aliphatic carbocycles. The Balaban J connectivity index is 1.45. The lowest BCUT2D eigenvalue weighted by molar-refractivity contribution is -0.146. The summed E-state index contributed by atoms with van der Waals surface area (Å²) >= 11 is 0. The number of ether oxygens (including phenoxy) is 1. The summed E-state index contributed by atoms with van der Waals surface area (Å²) in [4.78, 5) is 33.1. The summed E-state index contributed by atoms with van der Waals surface area (Å²) in [6.45, 7) is 2.88. The van der Waals surface area contributed by atoms with Crippen molar-refractivity contribution in [2.75, 3.05) is 44.1 Å². The first kappa shape index (κ1) is 31.3. The molecule has 5 rings (SSSR count). The molecule has 2 aromatic carbocycles. The van der Waals surface area contributed by atoms with Crippen LogP contribution in [0.1, 0.15) is 35.1 Å². The summed E-state index contributed by atoms with van der Waals surface area (Å²) in [6, 6.07) is 8.81. The quantitative estimate of drug-likeness (QED) is 0.260. The van der Waals surface area contributed by atoms with E-state index < -0.39 is 29.8 Å². The summed E-state index contributed by atoms with van der Waals surface area (Å²) in [5, 5.41) is 4.59. The Morgan fingerprint density at radius 1 is 1.11 bits per heavy atom. The van der Waals surface area contributed by atoms with Gasteiger partial charge in [-0.15, -0.1) is 0 Å². The number of esters is 1. The third-order valence-electron chi connectivity index (χ3n) is 8.41. The van der Waals surface area contributed by atoms with Gasteiger partial charge < -0.3 is 14.5 Å². The number of nitrogens with zero attached hydrogens (tertiary/aromatic N) is 6. The van der Waals surface area contributed by atoms with Crippen molar-refractivity contribution >= 4 is 23.5 Å². The summed E-state index contributed by atoms with van der Waals surface area (Å²) in [5.41, 5.74) is 1.15. The lowest BCUT2D eigenvalue weighted by Crippen LogP contribution is -2.54. The molecule has 1 saturated heterocycles. The number of alkyl halides is 3. The lowest BCUT2D eigenvalue weighted by Gasteiger charge is -2.43. The van der Waals surface area contributed by atoms with Crippen molar-refractivity contribution in [3.05, 3.63) is 76.7 Å². The summed E-state index contributed by atoms with van der Waals surface area (Å²) < 4.78 is 62.9. The number of carbonyl (C=O) groups excluding carboxylic acids is 2. The van der Waals surface area contributed by atoms with Crippen LogP contribution in [0.25, 0.3) is 0 Å². The molecule has 0 N–H and O–H groups in total. The Morgan fingerprint density at radius 3 is 2.45 bits per heavy atom. The molecule has 9 nitrogen and oxygen atoms in total. The zero-order valence-corrected chi connectivity index (χ0v) is 25.1. The van der Waals surface area contributed by atoms with Gasteiger partial charge >= 0.3 is 18.2 Å². The van der Waals surface area contributed by atoms with Crippen LogP contribution in [-0.4, -0.2) is 78.0 Å². The second-order valence-corrected chi connectivity index (χ2v) is 11.5. The number of piperidine rings is 1. The number of rotatable bonds is 8. The highest BCUT2D eigenvalue weighted by Gasteiger charge is 2.40. The smallest absolute Gasteiger partial charge is 0.416 e. The van der Waals surface area contributed by atoms with E-state index >= 15 is 0 Å². The van der Waals surface area contributed by atoms with E-state index in [0.29, 0.717) is 37.2 Å². The molecule has 0 radical (unpaired) electrons. The molecule has 0 saturated carbocycles. The molecule has 3 heterocycles. The topological polar surface area (TPSA) is 74.1 Å². The van der Waals surface area contributed by atoms with Crippen molar-refractivity contribution in [1.29, 1.82) is 0 Å². The molecule has 0 bridgehead atoms. The van der Waals surface area contributed by atoms with Crippen LogP contribution in [0, 0.1) is 12.7 Å². The zero-order chi connectivity index (χ0) is 31.8. The van der Waals surface area contributed by atoms with Gasteiger partial charge in [0.2, 0.25) is 0 Å². The van der Waals surface area contributed by atoms with Crippen molar-refractivity contribution in [2.24, 2.45) is 0 Å². The molecule has 3 aromatic rings. The minimum atomic E-state index is -4.60. The van der Waals surface area contributed by atoms with Crippen molar-refractivity contribution in [3.8, 4) is 0 Å². The third-order valence-corrected chi connectivity index (χ3v) is 8.41. The molecule has 2 aliphatic heterocycles. The van der Waals surface area contributed by atoms with Gasteiger partial charge in [0, 0.05) is 30.9 Å². The highest BCUT2D eigenvalue weighted by atomic mass is 19.4. The molecule has 2 amide bonds. The van der Waals surface area contributed by atoms with Crippen LogP contribution in [0.3, 0.4) is 0 Å². The Morgan fingerprint density at radius 2 is 1.82 bits per heavy atom. The molecule has 236 valence electrons. The zero-order valence-electron chi connectivity index (χ0n) is 25.1. The third kappa shape index (κ3) is 6.23. The second kappa shape index (κ2) is 12.5. The van der Waals surface area contributed by atoms with E-state index in [2.05, 4.69) is 5.10 Å². The first-order valence-electron chi connectivity index (χ1n) is 14.4. The first-order valence-corrected chi connectivity index (χ1v) is 14.4. The number of anilines is 2. The molecule has 1 aromatic heterocycles. The van der Waals surface area contributed by atoms with Crippen LogP contribution >= 0.6 is 0 Å². The largest absolute Gasteiger partial charge is 0.468 e. The van der Waals surface area contributed by atoms with Crippen LogP contribution in [0.2, 0.25) is 0 Å². The van der Waals surface area contributed by atoms with Crippen LogP contribution in [0.4, 0.5) is 33.9 Å². The maximum absolute atomic E-state index is 14.7. The molecule has 1 atom stereocenters. The standard InChI is InChI=1S/C31H36F4N6O3/c1-20-8-7-11-25(32)27(20)38-14-12-23(13-15-38)40-18-22-16-39(19-26(37(2)3)29(42)44-4)36-28(22)41(30(40)43)17-21-9-5-6-10-24(21)31(33,34)35/h5-11,16,23,26H,12-15,17-19H2,1-4H3. The molecule has 13 heteroatoms. The van der Waals surface area contributed by atoms with Crippen molar-refractivity contribution in [1.82, 2.24) is 19.6 Å². The number of carbonyl (C=O) groups is 2. The molecule has 2 aliphatic rings. The fourth-order valence-electron chi connectivity index (χ4n) is 6.10. The Labute approximate surface area is 253 Å². The number of fused-ring (bicyclic) bond motifs is 1. The second-order valence-electron chi connectivity index (χ2n) is 11.5. The Kier molecular flexibility index (Phi) is 8.87. The van der Waals surface area contributed by atoms with Crippen LogP contribution in [0.15, 0.2) is 48.7 Å². The molecular weight excluding hydrogens is 580 g/mol. The van der Waals surface area contributed by atoms with Crippen molar-refractivity contribution in [3.63, 3.8) is 0 Å². The van der Waals surface area contributed by atoms with Crippen molar-refractivity contribution in [2.45, 2.75) is 57.7 Å². The monoisotopic (exact) mass is 616 g/mol. The number of benzene rings is 2. The minimum Gasteiger partial charge on any atom is -0.468 e. The van der Waals surface area contributed by atoms with Gasteiger partial charge in [-0.25, -0.2) is 9.18 Å². The number of para-hydroxylation sites is 1. The predicted octanol–water partition coefficient (Wildman–Crippen LogP) is 5.06. The number of halogens is 4. The van der Waals surface area contributed by atoms with Crippen LogP contribution in [0.5, 0.6) is 0 Å². The van der Waals surface area contributed by atoms with Gasteiger partial charge in [0.05, 0.1) is 38.0 Å². The van der Waals surface area contributed by atoms with E-state index in [1.54, 1.807) is 36.2 Å². The fourth-order valence-corrected chi connectivity index (χ4v) is 6.10. The molecule has 44 heavy (non-hydrogen) atoms. The average molecular weight is 617 g/mol. The van der Waals surface area contributed by atoms with E-state index in [4.69, 9.17) is 4.74 Å². The highest BCUT2D eigenvalue weighted by Crippen LogP contribution is 2.37. The van der Waals surface area contributed by atoms with Gasteiger partial charge in [-0.05, 0) is 57.1 Å². The number of urea groups is 1. The summed E-state index contributed by atoms with van der Waals surface area (Å²) in [6.07, 6.45) is -1.76. The van der Waals surface area contributed by atoms with Gasteiger partial charge in [-0.1, -0.05) is 30.3 Å². The maximum atomic E-state index is 14.7. The summed E-state index contributed by atoms with van der Waals surface area (Å²) in [7, 11) is 4.75. The molecule has 0 spiro atoms. The number of amides is 2. The van der Waals surface area contributed by atoms with Gasteiger partial charge in [0.25, 0.3) is 0 Å². The van der Waals surface area contributed by atoms with Crippen molar-refractivity contribution < 1.29 is 31.9 Å². The van der Waals surface area contributed by atoms with E-state index in [1.165, 1.54) is 41.0 Å². The van der Waals surface area contributed by atoms with Gasteiger partial charge in [-0.2, -0.15) is 18.3 Å². The van der Waals surface area contributed by atoms with E-state index in [1.807, 2.05) is 17.9 Å². The van der Waals surface area contributed by atoms with Crippen LogP contribution < -0.4 is 9.80 Å². The minimum absolute atomic E-state index is 0.0544. The van der Waals surface area contributed by atoms with Gasteiger partial charge in [0.1, 0.15) is 11.9 Å². The number of aromatic nitrogens is 2. The molecule has 1 fully saturated rings. The first-order chi connectivity index (χ1) is 20.9. The van der Waals surface area contributed by atoms with Gasteiger partial charge in [0.15, 0.2) is 5.82 Å². The van der Waals surface area contributed by atoms with Gasteiger partial charge in [-0.3, -0.25) is 19.3 Å². The molecular formula is C31H36F4N6O3. The number of methoxy groups -OCH3 is 1. The fraction of sp³-hybridized carbons (Fsp3) is 0.452. The highest BCUT2D eigenvalue weighted by molar-refractivity contribution is 5.94. The number of hydrogen-bond donors (Lipinski definition) is 0. The van der Waals surface area contributed by atoms with E-state index in [0.717, 1.165) is 11.6 Å². The SMILES string of the molecule is COC(=O)C(Cn1cc2c(n1)N(Cc1ccccc1C(F)(F)F)C(=O)N(C1CCN(c3c(C)cccc3F)CC1)C2)N(C)C.